The van der Waals surface area contributed by atoms with Crippen molar-refractivity contribution < 1.29 is 0 Å². The second-order valence-corrected chi connectivity index (χ2v) is 7.08. The number of aliphatic imine (C=N–C) groups is 1. The SMILES string of the molecule is Cc1c(Br)cncc1CC(NC1=NCCC1)c1cccc(Cl)c1. The highest BCUT2D eigenvalue weighted by molar-refractivity contribution is 9.10. The fraction of sp³-hybridized carbons (Fsp3) is 0.333. The summed E-state index contributed by atoms with van der Waals surface area (Å²) in [5, 5.41) is 4.36. The number of hydrogen-bond acceptors (Lipinski definition) is 3. The highest BCUT2D eigenvalue weighted by Crippen LogP contribution is 2.26. The maximum atomic E-state index is 6.19. The van der Waals surface area contributed by atoms with Crippen molar-refractivity contribution in [2.45, 2.75) is 32.2 Å². The molecule has 1 N–H and O–H groups in total. The summed E-state index contributed by atoms with van der Waals surface area (Å²) < 4.78 is 1.04. The first-order valence-corrected chi connectivity index (χ1v) is 8.95. The molecule has 5 heteroatoms. The van der Waals surface area contributed by atoms with Crippen LogP contribution in [-0.4, -0.2) is 17.4 Å². The van der Waals surface area contributed by atoms with Crippen molar-refractivity contribution in [1.82, 2.24) is 10.3 Å². The Morgan fingerprint density at radius 2 is 2.22 bits per heavy atom. The fourth-order valence-electron chi connectivity index (χ4n) is 2.80. The molecule has 1 unspecified atom stereocenters. The third kappa shape index (κ3) is 4.12. The summed E-state index contributed by atoms with van der Waals surface area (Å²) in [6, 6.07) is 8.17. The van der Waals surface area contributed by atoms with Crippen LogP contribution in [0.5, 0.6) is 0 Å². The normalized spacial score (nSPS) is 15.3. The Morgan fingerprint density at radius 3 is 2.96 bits per heavy atom. The fourth-order valence-corrected chi connectivity index (χ4v) is 3.37. The molecule has 0 bridgehead atoms. The number of benzene rings is 1. The third-order valence-electron chi connectivity index (χ3n) is 4.15. The predicted octanol–water partition coefficient (Wildman–Crippen LogP) is 4.87. The number of amidine groups is 1. The molecular weight excluding hydrogens is 374 g/mol. The predicted molar refractivity (Wildman–Crippen MR) is 99.2 cm³/mol. The van der Waals surface area contributed by atoms with Crippen LogP contribution >= 0.6 is 27.5 Å². The van der Waals surface area contributed by atoms with Crippen molar-refractivity contribution in [2.75, 3.05) is 6.54 Å². The van der Waals surface area contributed by atoms with Crippen molar-refractivity contribution in [1.29, 1.82) is 0 Å². The molecule has 3 nitrogen and oxygen atoms in total. The van der Waals surface area contributed by atoms with E-state index in [-0.39, 0.29) is 6.04 Å². The van der Waals surface area contributed by atoms with E-state index in [0.29, 0.717) is 0 Å². The highest BCUT2D eigenvalue weighted by atomic mass is 79.9. The van der Waals surface area contributed by atoms with E-state index in [1.54, 1.807) is 0 Å². The molecule has 1 aromatic carbocycles. The van der Waals surface area contributed by atoms with Gasteiger partial charge in [0.25, 0.3) is 0 Å². The van der Waals surface area contributed by atoms with Crippen molar-refractivity contribution in [3.63, 3.8) is 0 Å². The number of hydrogen-bond donors (Lipinski definition) is 1. The van der Waals surface area contributed by atoms with Gasteiger partial charge >= 0.3 is 0 Å². The molecule has 1 aromatic heterocycles. The van der Waals surface area contributed by atoms with Crippen molar-refractivity contribution in [2.24, 2.45) is 4.99 Å². The minimum absolute atomic E-state index is 0.139. The highest BCUT2D eigenvalue weighted by Gasteiger charge is 2.18. The summed E-state index contributed by atoms with van der Waals surface area (Å²) in [5.41, 5.74) is 3.61. The Balaban J connectivity index is 1.89. The molecule has 23 heavy (non-hydrogen) atoms. The van der Waals surface area contributed by atoms with Gasteiger partial charge in [-0.05, 0) is 64.5 Å². The summed E-state index contributed by atoms with van der Waals surface area (Å²) in [6.45, 7) is 3.03. The van der Waals surface area contributed by atoms with E-state index in [0.717, 1.165) is 41.1 Å². The van der Waals surface area contributed by atoms with Gasteiger partial charge in [-0.25, -0.2) is 0 Å². The Kier molecular flexibility index (Phi) is 5.34. The lowest BCUT2D eigenvalue weighted by Crippen LogP contribution is -2.29. The Morgan fingerprint density at radius 1 is 1.35 bits per heavy atom. The van der Waals surface area contributed by atoms with E-state index in [1.807, 2.05) is 30.6 Å². The molecule has 1 atom stereocenters. The largest absolute Gasteiger partial charge is 0.367 e. The number of pyridine rings is 1. The lowest BCUT2D eigenvalue weighted by Gasteiger charge is -2.22. The monoisotopic (exact) mass is 391 g/mol. The molecule has 0 saturated carbocycles. The molecule has 0 aliphatic carbocycles. The Labute approximate surface area is 150 Å². The van der Waals surface area contributed by atoms with Crippen molar-refractivity contribution >= 4 is 33.4 Å². The number of rotatable bonds is 4. The summed E-state index contributed by atoms with van der Waals surface area (Å²) in [4.78, 5) is 8.86. The van der Waals surface area contributed by atoms with E-state index >= 15 is 0 Å². The van der Waals surface area contributed by atoms with Crippen LogP contribution in [0.3, 0.4) is 0 Å². The molecule has 120 valence electrons. The second kappa shape index (κ2) is 7.45. The lowest BCUT2D eigenvalue weighted by atomic mass is 9.97. The molecule has 1 aliphatic rings. The van der Waals surface area contributed by atoms with Gasteiger partial charge in [0.15, 0.2) is 0 Å². The van der Waals surface area contributed by atoms with Crippen LogP contribution in [0.4, 0.5) is 0 Å². The minimum atomic E-state index is 0.139. The zero-order valence-electron chi connectivity index (χ0n) is 13.0. The average molecular weight is 393 g/mol. The lowest BCUT2D eigenvalue weighted by molar-refractivity contribution is 0.635. The van der Waals surface area contributed by atoms with E-state index < -0.39 is 0 Å². The Hall–Kier alpha value is -1.39. The van der Waals surface area contributed by atoms with Crippen LogP contribution in [0.15, 0.2) is 46.1 Å². The molecule has 0 spiro atoms. The molecule has 0 radical (unpaired) electrons. The first-order chi connectivity index (χ1) is 11.1. The van der Waals surface area contributed by atoms with Crippen LogP contribution in [0.2, 0.25) is 5.02 Å². The van der Waals surface area contributed by atoms with Gasteiger partial charge < -0.3 is 5.32 Å². The second-order valence-electron chi connectivity index (χ2n) is 5.79. The molecule has 0 fully saturated rings. The smallest absolute Gasteiger partial charge is 0.0968 e. The first-order valence-electron chi connectivity index (χ1n) is 7.78. The van der Waals surface area contributed by atoms with E-state index in [2.05, 4.69) is 44.2 Å². The van der Waals surface area contributed by atoms with Gasteiger partial charge in [-0.3, -0.25) is 9.98 Å². The minimum Gasteiger partial charge on any atom is -0.367 e. The maximum absolute atomic E-state index is 6.19. The van der Waals surface area contributed by atoms with E-state index in [9.17, 15) is 0 Å². The van der Waals surface area contributed by atoms with E-state index in [1.165, 1.54) is 16.7 Å². The number of halogens is 2. The molecule has 1 aliphatic heterocycles. The quantitative estimate of drug-likeness (QED) is 0.806. The van der Waals surface area contributed by atoms with Gasteiger partial charge in [0.2, 0.25) is 0 Å². The summed E-state index contributed by atoms with van der Waals surface area (Å²) in [5.74, 6) is 1.09. The van der Waals surface area contributed by atoms with Gasteiger partial charge in [-0.2, -0.15) is 0 Å². The molecule has 3 rings (SSSR count). The summed E-state index contributed by atoms with van der Waals surface area (Å²) >= 11 is 9.75. The molecule has 0 amide bonds. The van der Waals surface area contributed by atoms with Gasteiger partial charge in [0, 0.05) is 34.9 Å². The van der Waals surface area contributed by atoms with Gasteiger partial charge in [-0.15, -0.1) is 0 Å². The zero-order chi connectivity index (χ0) is 16.2. The van der Waals surface area contributed by atoms with Crippen LogP contribution in [0.25, 0.3) is 0 Å². The molecule has 0 saturated heterocycles. The van der Waals surface area contributed by atoms with Crippen LogP contribution in [-0.2, 0) is 6.42 Å². The van der Waals surface area contributed by atoms with Crippen LogP contribution in [0.1, 0.15) is 35.6 Å². The number of aromatic nitrogens is 1. The van der Waals surface area contributed by atoms with E-state index in [4.69, 9.17) is 11.6 Å². The summed E-state index contributed by atoms with van der Waals surface area (Å²) in [7, 11) is 0. The molecule has 2 heterocycles. The Bertz CT molecular complexity index is 730. The zero-order valence-corrected chi connectivity index (χ0v) is 15.4. The van der Waals surface area contributed by atoms with Crippen molar-refractivity contribution in [3.05, 3.63) is 62.8 Å². The number of nitrogens with zero attached hydrogens (tertiary/aromatic N) is 2. The summed E-state index contributed by atoms with van der Waals surface area (Å²) in [6.07, 6.45) is 6.77. The van der Waals surface area contributed by atoms with Gasteiger partial charge in [0.1, 0.15) is 0 Å². The topological polar surface area (TPSA) is 37.3 Å². The maximum Gasteiger partial charge on any atom is 0.0968 e. The van der Waals surface area contributed by atoms with Crippen molar-refractivity contribution in [3.8, 4) is 0 Å². The molecular formula is C18H19BrClN3. The third-order valence-corrected chi connectivity index (χ3v) is 5.18. The standard InChI is InChI=1S/C18H19BrClN3/c1-12-14(10-21-11-16(12)19)9-17(23-18-6-3-7-22-18)13-4-2-5-15(20)8-13/h2,4-5,8,10-11,17H,3,6-7,9H2,1H3,(H,22,23). The first kappa shape index (κ1) is 16.5. The van der Waals surface area contributed by atoms with Crippen LogP contribution < -0.4 is 5.32 Å². The number of nitrogens with one attached hydrogen (secondary N) is 1. The van der Waals surface area contributed by atoms with Crippen LogP contribution in [0, 0.1) is 6.92 Å². The van der Waals surface area contributed by atoms with Gasteiger partial charge in [0.05, 0.1) is 11.9 Å². The average Bonchev–Trinajstić information content (AvgIpc) is 3.04. The molecule has 2 aromatic rings. The van der Waals surface area contributed by atoms with Gasteiger partial charge in [-0.1, -0.05) is 23.7 Å².